The predicted molar refractivity (Wildman–Crippen MR) is 60.0 cm³/mol. The van der Waals surface area contributed by atoms with E-state index in [4.69, 9.17) is 9.84 Å². The zero-order valence-corrected chi connectivity index (χ0v) is 9.89. The number of aliphatic hydroxyl groups is 1. The summed E-state index contributed by atoms with van der Waals surface area (Å²) in [6.45, 7) is 3.88. The van der Waals surface area contributed by atoms with Gasteiger partial charge in [0.15, 0.2) is 0 Å². The summed E-state index contributed by atoms with van der Waals surface area (Å²) >= 11 is 0. The fraction of sp³-hybridized carbons (Fsp3) is 0.917. The number of carbonyl (C=O) groups excluding carboxylic acids is 1. The summed E-state index contributed by atoms with van der Waals surface area (Å²) in [4.78, 5) is 14.0. The molecule has 0 radical (unpaired) electrons. The zero-order valence-electron chi connectivity index (χ0n) is 9.89. The highest BCUT2D eigenvalue weighted by Crippen LogP contribution is 2.25. The molecule has 16 heavy (non-hydrogen) atoms. The minimum atomic E-state index is -0.206. The van der Waals surface area contributed by atoms with Crippen LogP contribution in [0.1, 0.15) is 32.6 Å². The second-order valence-corrected chi connectivity index (χ2v) is 4.96. The molecule has 0 aromatic heterocycles. The van der Waals surface area contributed by atoms with Gasteiger partial charge in [-0.2, -0.15) is 0 Å². The Morgan fingerprint density at radius 1 is 1.44 bits per heavy atom. The Balaban J connectivity index is 1.82. The molecule has 3 atom stereocenters. The summed E-state index contributed by atoms with van der Waals surface area (Å²) in [7, 11) is 0. The summed E-state index contributed by atoms with van der Waals surface area (Å²) in [5, 5.41) is 8.87. The zero-order chi connectivity index (χ0) is 11.5. The maximum atomic E-state index is 12.1. The first-order valence-corrected chi connectivity index (χ1v) is 6.26. The largest absolute Gasteiger partial charge is 0.396 e. The maximum absolute atomic E-state index is 12.1. The van der Waals surface area contributed by atoms with Gasteiger partial charge in [0.1, 0.15) is 6.10 Å². The highest BCUT2D eigenvalue weighted by molar-refractivity contribution is 5.81. The summed E-state index contributed by atoms with van der Waals surface area (Å²) in [6, 6.07) is 0. The highest BCUT2D eigenvalue weighted by Gasteiger charge is 2.34. The average Bonchev–Trinajstić information content (AvgIpc) is 2.87. The van der Waals surface area contributed by atoms with Crippen molar-refractivity contribution < 1.29 is 14.6 Å². The van der Waals surface area contributed by atoms with Crippen LogP contribution in [0.25, 0.3) is 0 Å². The van der Waals surface area contributed by atoms with E-state index in [9.17, 15) is 4.79 Å². The van der Waals surface area contributed by atoms with Crippen molar-refractivity contribution in [2.45, 2.75) is 44.8 Å². The van der Waals surface area contributed by atoms with Gasteiger partial charge in [-0.1, -0.05) is 0 Å². The molecule has 1 N–H and O–H groups in total. The molecule has 2 saturated heterocycles. The number of rotatable bonds is 3. The Morgan fingerprint density at radius 2 is 2.25 bits per heavy atom. The smallest absolute Gasteiger partial charge is 0.251 e. The topological polar surface area (TPSA) is 49.8 Å². The summed E-state index contributed by atoms with van der Waals surface area (Å²) in [5.74, 6) is 0.637. The van der Waals surface area contributed by atoms with Crippen LogP contribution in [0.4, 0.5) is 0 Å². The number of aliphatic hydroxyl groups excluding tert-OH is 1. The van der Waals surface area contributed by atoms with Crippen LogP contribution in [0.3, 0.4) is 0 Å². The molecule has 0 spiro atoms. The molecule has 2 heterocycles. The van der Waals surface area contributed by atoms with Crippen molar-refractivity contribution in [3.05, 3.63) is 0 Å². The number of amides is 1. The van der Waals surface area contributed by atoms with E-state index in [-0.39, 0.29) is 24.7 Å². The lowest BCUT2D eigenvalue weighted by molar-refractivity contribution is -0.141. The van der Waals surface area contributed by atoms with Crippen LogP contribution in [-0.4, -0.2) is 47.8 Å². The van der Waals surface area contributed by atoms with Gasteiger partial charge in [-0.05, 0) is 38.5 Å². The lowest BCUT2D eigenvalue weighted by Crippen LogP contribution is -2.37. The lowest BCUT2D eigenvalue weighted by Gasteiger charge is -2.20. The molecular formula is C12H21NO3. The number of hydrogen-bond donors (Lipinski definition) is 1. The van der Waals surface area contributed by atoms with E-state index in [1.165, 1.54) is 0 Å². The van der Waals surface area contributed by atoms with E-state index in [0.29, 0.717) is 5.92 Å². The quantitative estimate of drug-likeness (QED) is 0.775. The molecule has 0 aromatic carbocycles. The molecule has 0 saturated carbocycles. The van der Waals surface area contributed by atoms with Gasteiger partial charge in [0.05, 0.1) is 6.10 Å². The number of likely N-dealkylation sites (tertiary alicyclic amines) is 1. The second-order valence-electron chi connectivity index (χ2n) is 4.96. The van der Waals surface area contributed by atoms with Gasteiger partial charge in [-0.25, -0.2) is 0 Å². The monoisotopic (exact) mass is 227 g/mol. The summed E-state index contributed by atoms with van der Waals surface area (Å²) in [5.41, 5.74) is 0. The van der Waals surface area contributed by atoms with Crippen LogP contribution in [0.2, 0.25) is 0 Å². The van der Waals surface area contributed by atoms with Crippen LogP contribution < -0.4 is 0 Å². The van der Waals surface area contributed by atoms with E-state index < -0.39 is 0 Å². The molecule has 1 amide bonds. The highest BCUT2D eigenvalue weighted by atomic mass is 16.5. The molecule has 0 aliphatic carbocycles. The van der Waals surface area contributed by atoms with Gasteiger partial charge in [0.25, 0.3) is 5.91 Å². The predicted octanol–water partition coefficient (Wildman–Crippen LogP) is 0.785. The van der Waals surface area contributed by atoms with Gasteiger partial charge >= 0.3 is 0 Å². The van der Waals surface area contributed by atoms with E-state index in [1.54, 1.807) is 0 Å². The Kier molecular flexibility index (Phi) is 3.82. The Hall–Kier alpha value is -0.610. The van der Waals surface area contributed by atoms with Crippen molar-refractivity contribution in [1.82, 2.24) is 4.90 Å². The SMILES string of the molecule is CC1CCC(C(=O)N2CCC(CCO)C2)O1. The van der Waals surface area contributed by atoms with E-state index in [1.807, 2.05) is 11.8 Å². The minimum absolute atomic E-state index is 0.157. The first-order chi connectivity index (χ1) is 7.70. The molecule has 2 aliphatic rings. The van der Waals surface area contributed by atoms with Crippen LogP contribution in [0, 0.1) is 5.92 Å². The first-order valence-electron chi connectivity index (χ1n) is 6.26. The third-order valence-electron chi connectivity index (χ3n) is 3.64. The molecule has 4 nitrogen and oxygen atoms in total. The van der Waals surface area contributed by atoms with Gasteiger partial charge in [0.2, 0.25) is 0 Å². The Bertz CT molecular complexity index is 257. The third-order valence-corrected chi connectivity index (χ3v) is 3.64. The van der Waals surface area contributed by atoms with Crippen molar-refractivity contribution >= 4 is 5.91 Å². The minimum Gasteiger partial charge on any atom is -0.396 e. The number of hydrogen-bond acceptors (Lipinski definition) is 3. The molecule has 92 valence electrons. The van der Waals surface area contributed by atoms with E-state index >= 15 is 0 Å². The molecular weight excluding hydrogens is 206 g/mol. The van der Waals surface area contributed by atoms with Crippen LogP contribution in [0.15, 0.2) is 0 Å². The van der Waals surface area contributed by atoms with E-state index in [0.717, 1.165) is 38.8 Å². The van der Waals surface area contributed by atoms with Crippen molar-refractivity contribution in [2.24, 2.45) is 5.92 Å². The van der Waals surface area contributed by atoms with Crippen molar-refractivity contribution in [3.63, 3.8) is 0 Å². The Morgan fingerprint density at radius 3 is 2.88 bits per heavy atom. The molecule has 3 unspecified atom stereocenters. The molecule has 2 rings (SSSR count). The van der Waals surface area contributed by atoms with E-state index in [2.05, 4.69) is 0 Å². The molecule has 0 aromatic rings. The van der Waals surface area contributed by atoms with Crippen LogP contribution in [0.5, 0.6) is 0 Å². The maximum Gasteiger partial charge on any atom is 0.251 e. The van der Waals surface area contributed by atoms with Crippen LogP contribution in [-0.2, 0) is 9.53 Å². The third kappa shape index (κ3) is 2.55. The molecule has 4 heteroatoms. The van der Waals surface area contributed by atoms with Gasteiger partial charge in [-0.3, -0.25) is 4.79 Å². The van der Waals surface area contributed by atoms with Gasteiger partial charge in [0, 0.05) is 19.7 Å². The number of nitrogens with zero attached hydrogens (tertiary/aromatic N) is 1. The summed E-state index contributed by atoms with van der Waals surface area (Å²) in [6.07, 6.45) is 3.71. The molecule has 2 fully saturated rings. The first kappa shape index (κ1) is 11.9. The van der Waals surface area contributed by atoms with Gasteiger partial charge in [-0.15, -0.1) is 0 Å². The normalized spacial score (nSPS) is 34.6. The average molecular weight is 227 g/mol. The molecule has 2 aliphatic heterocycles. The fourth-order valence-electron chi connectivity index (χ4n) is 2.64. The standard InChI is InChI=1S/C12H21NO3/c1-9-2-3-11(16-9)12(15)13-6-4-10(8-13)5-7-14/h9-11,14H,2-8H2,1H3. The lowest BCUT2D eigenvalue weighted by atomic mass is 10.1. The van der Waals surface area contributed by atoms with Crippen molar-refractivity contribution in [3.8, 4) is 0 Å². The van der Waals surface area contributed by atoms with Crippen molar-refractivity contribution in [1.29, 1.82) is 0 Å². The number of carbonyl (C=O) groups is 1. The fourth-order valence-corrected chi connectivity index (χ4v) is 2.64. The second kappa shape index (κ2) is 5.15. The van der Waals surface area contributed by atoms with Gasteiger partial charge < -0.3 is 14.7 Å². The summed E-state index contributed by atoms with van der Waals surface area (Å²) < 4.78 is 5.59. The van der Waals surface area contributed by atoms with Crippen molar-refractivity contribution in [2.75, 3.05) is 19.7 Å². The van der Waals surface area contributed by atoms with Crippen LogP contribution >= 0.6 is 0 Å². The number of ether oxygens (including phenoxy) is 1. The molecule has 0 bridgehead atoms. The Labute approximate surface area is 96.6 Å².